The number of rotatable bonds is 5. The Morgan fingerprint density at radius 3 is 2.81 bits per heavy atom. The van der Waals surface area contributed by atoms with Crippen LogP contribution in [0.3, 0.4) is 0 Å². The molecule has 2 aromatic carbocycles. The summed E-state index contributed by atoms with van der Waals surface area (Å²) in [6, 6.07) is 13.8. The SMILES string of the molecule is O=[N+]([O-])c1ccc(N[C@H]2CCCc3c2cnn3Cc2ccccc2)c(F)c1. The van der Waals surface area contributed by atoms with Crippen molar-refractivity contribution in [3.63, 3.8) is 0 Å². The molecule has 1 aliphatic rings. The van der Waals surface area contributed by atoms with E-state index in [1.54, 1.807) is 0 Å². The van der Waals surface area contributed by atoms with E-state index in [1.807, 2.05) is 29.1 Å². The van der Waals surface area contributed by atoms with E-state index < -0.39 is 10.7 Å². The van der Waals surface area contributed by atoms with E-state index >= 15 is 0 Å². The molecule has 3 aromatic rings. The van der Waals surface area contributed by atoms with Gasteiger partial charge in [-0.3, -0.25) is 14.8 Å². The minimum atomic E-state index is -0.618. The van der Waals surface area contributed by atoms with Gasteiger partial charge in [-0.1, -0.05) is 30.3 Å². The summed E-state index contributed by atoms with van der Waals surface area (Å²) in [5.41, 5.74) is 3.42. The number of hydrogen-bond acceptors (Lipinski definition) is 4. The monoisotopic (exact) mass is 366 g/mol. The average Bonchev–Trinajstić information content (AvgIpc) is 3.08. The van der Waals surface area contributed by atoms with Gasteiger partial charge < -0.3 is 5.32 Å². The largest absolute Gasteiger partial charge is 0.376 e. The van der Waals surface area contributed by atoms with Crippen molar-refractivity contribution in [3.05, 3.63) is 87.5 Å². The fraction of sp³-hybridized carbons (Fsp3) is 0.250. The maximum atomic E-state index is 14.2. The normalized spacial score (nSPS) is 16.0. The van der Waals surface area contributed by atoms with Crippen LogP contribution >= 0.6 is 0 Å². The average molecular weight is 366 g/mol. The van der Waals surface area contributed by atoms with E-state index in [9.17, 15) is 14.5 Å². The zero-order valence-corrected chi connectivity index (χ0v) is 14.6. The van der Waals surface area contributed by atoms with E-state index in [-0.39, 0.29) is 17.4 Å². The van der Waals surface area contributed by atoms with Gasteiger partial charge in [0, 0.05) is 17.3 Å². The minimum absolute atomic E-state index is 0.0609. The molecule has 0 aliphatic heterocycles. The molecule has 27 heavy (non-hydrogen) atoms. The van der Waals surface area contributed by atoms with Crippen LogP contribution in [0, 0.1) is 15.9 Å². The molecular formula is C20H19FN4O2. The van der Waals surface area contributed by atoms with Crippen LogP contribution < -0.4 is 5.32 Å². The summed E-state index contributed by atoms with van der Waals surface area (Å²) in [5.74, 6) is -0.618. The molecule has 0 bridgehead atoms. The number of nitro benzene ring substituents is 1. The van der Waals surface area contributed by atoms with E-state index in [4.69, 9.17) is 0 Å². The summed E-state index contributed by atoms with van der Waals surface area (Å²) < 4.78 is 16.3. The van der Waals surface area contributed by atoms with Crippen molar-refractivity contribution in [2.45, 2.75) is 31.8 Å². The maximum Gasteiger partial charge on any atom is 0.272 e. The van der Waals surface area contributed by atoms with Gasteiger partial charge in [0.05, 0.1) is 35.5 Å². The van der Waals surface area contributed by atoms with Crippen LogP contribution in [0.2, 0.25) is 0 Å². The quantitative estimate of drug-likeness (QED) is 0.534. The van der Waals surface area contributed by atoms with Gasteiger partial charge >= 0.3 is 0 Å². The van der Waals surface area contributed by atoms with Gasteiger partial charge in [0.15, 0.2) is 5.82 Å². The molecule has 0 fully saturated rings. The molecule has 7 heteroatoms. The minimum Gasteiger partial charge on any atom is -0.376 e. The molecule has 0 saturated carbocycles. The summed E-state index contributed by atoms with van der Waals surface area (Å²) in [6.45, 7) is 0.703. The van der Waals surface area contributed by atoms with Crippen LogP contribution in [-0.2, 0) is 13.0 Å². The number of fused-ring (bicyclic) bond motifs is 1. The maximum absolute atomic E-state index is 14.2. The molecule has 1 heterocycles. The number of nitro groups is 1. The Bertz CT molecular complexity index is 971. The van der Waals surface area contributed by atoms with Crippen LogP contribution in [0.25, 0.3) is 0 Å². The standard InChI is InChI=1S/C20H19FN4O2/c21-17-11-15(25(26)27)9-10-19(17)23-18-7-4-8-20-16(18)12-22-24(20)13-14-5-2-1-3-6-14/h1-3,5-6,9-12,18,23H,4,7-8,13H2/t18-/m0/s1. The molecule has 4 rings (SSSR count). The van der Waals surface area contributed by atoms with Crippen molar-refractivity contribution >= 4 is 11.4 Å². The van der Waals surface area contributed by atoms with E-state index in [2.05, 4.69) is 22.5 Å². The number of aromatic nitrogens is 2. The number of nitrogens with one attached hydrogen (secondary N) is 1. The molecule has 0 radical (unpaired) electrons. The predicted molar refractivity (Wildman–Crippen MR) is 100 cm³/mol. The van der Waals surface area contributed by atoms with E-state index in [1.165, 1.54) is 17.7 Å². The van der Waals surface area contributed by atoms with Crippen molar-refractivity contribution in [3.8, 4) is 0 Å². The number of hydrogen-bond donors (Lipinski definition) is 1. The third-order valence-electron chi connectivity index (χ3n) is 4.93. The molecule has 1 atom stereocenters. The molecular weight excluding hydrogens is 347 g/mol. The lowest BCUT2D eigenvalue weighted by Gasteiger charge is -2.25. The van der Waals surface area contributed by atoms with Gasteiger partial charge in [0.25, 0.3) is 5.69 Å². The Morgan fingerprint density at radius 1 is 1.26 bits per heavy atom. The smallest absolute Gasteiger partial charge is 0.272 e. The third kappa shape index (κ3) is 3.53. The highest BCUT2D eigenvalue weighted by Crippen LogP contribution is 2.34. The fourth-order valence-corrected chi connectivity index (χ4v) is 3.58. The molecule has 1 aliphatic carbocycles. The van der Waals surface area contributed by atoms with Crippen LogP contribution in [0.4, 0.5) is 15.8 Å². The summed E-state index contributed by atoms with van der Waals surface area (Å²) in [5, 5.41) is 18.5. The third-order valence-corrected chi connectivity index (χ3v) is 4.93. The van der Waals surface area contributed by atoms with Gasteiger partial charge in [-0.25, -0.2) is 4.39 Å². The van der Waals surface area contributed by atoms with E-state index in [0.29, 0.717) is 6.54 Å². The first-order valence-corrected chi connectivity index (χ1v) is 8.91. The summed E-state index contributed by atoms with van der Waals surface area (Å²) in [4.78, 5) is 10.2. The lowest BCUT2D eigenvalue weighted by atomic mass is 9.92. The van der Waals surface area contributed by atoms with Crippen LogP contribution in [0.1, 0.15) is 35.7 Å². The Morgan fingerprint density at radius 2 is 2.07 bits per heavy atom. The molecule has 1 aromatic heterocycles. The number of halogens is 1. The second-order valence-corrected chi connectivity index (χ2v) is 6.70. The zero-order valence-electron chi connectivity index (χ0n) is 14.6. The van der Waals surface area contributed by atoms with Crippen LogP contribution in [0.5, 0.6) is 0 Å². The highest BCUT2D eigenvalue weighted by molar-refractivity contribution is 5.52. The van der Waals surface area contributed by atoms with Gasteiger partial charge in [0.2, 0.25) is 0 Å². The van der Waals surface area contributed by atoms with Gasteiger partial charge in [-0.05, 0) is 30.9 Å². The van der Waals surface area contributed by atoms with Crippen molar-refractivity contribution in [2.24, 2.45) is 0 Å². The first-order chi connectivity index (χ1) is 13.1. The highest BCUT2D eigenvalue weighted by atomic mass is 19.1. The Balaban J connectivity index is 1.56. The number of anilines is 1. The van der Waals surface area contributed by atoms with Gasteiger partial charge in [0.1, 0.15) is 0 Å². The van der Waals surface area contributed by atoms with Crippen LogP contribution in [-0.4, -0.2) is 14.7 Å². The molecule has 6 nitrogen and oxygen atoms in total. The van der Waals surface area contributed by atoms with E-state index in [0.717, 1.165) is 36.6 Å². The summed E-state index contributed by atoms with van der Waals surface area (Å²) in [6.07, 6.45) is 4.61. The Labute approximate surface area is 155 Å². The molecule has 138 valence electrons. The highest BCUT2D eigenvalue weighted by Gasteiger charge is 2.25. The lowest BCUT2D eigenvalue weighted by molar-refractivity contribution is -0.385. The summed E-state index contributed by atoms with van der Waals surface area (Å²) in [7, 11) is 0. The fourth-order valence-electron chi connectivity index (χ4n) is 3.58. The second kappa shape index (κ2) is 7.19. The first-order valence-electron chi connectivity index (χ1n) is 8.91. The lowest BCUT2D eigenvalue weighted by Crippen LogP contribution is -2.19. The number of non-ortho nitro benzene ring substituents is 1. The molecule has 0 saturated heterocycles. The molecule has 0 spiro atoms. The van der Waals surface area contributed by atoms with Gasteiger partial charge in [-0.2, -0.15) is 5.10 Å². The predicted octanol–water partition coefficient (Wildman–Crippen LogP) is 4.47. The zero-order chi connectivity index (χ0) is 18.8. The number of benzene rings is 2. The molecule has 1 N–H and O–H groups in total. The van der Waals surface area contributed by atoms with Crippen LogP contribution in [0.15, 0.2) is 54.7 Å². The number of nitrogens with zero attached hydrogens (tertiary/aromatic N) is 3. The van der Waals surface area contributed by atoms with Gasteiger partial charge in [-0.15, -0.1) is 0 Å². The topological polar surface area (TPSA) is 73.0 Å². The van der Waals surface area contributed by atoms with Crippen molar-refractivity contribution < 1.29 is 9.31 Å². The molecule has 0 amide bonds. The second-order valence-electron chi connectivity index (χ2n) is 6.70. The van der Waals surface area contributed by atoms with Crippen molar-refractivity contribution in [1.82, 2.24) is 9.78 Å². The first kappa shape index (κ1) is 17.2. The molecule has 0 unspecified atom stereocenters. The summed E-state index contributed by atoms with van der Waals surface area (Å²) >= 11 is 0. The van der Waals surface area contributed by atoms with Crippen molar-refractivity contribution in [1.29, 1.82) is 0 Å². The van der Waals surface area contributed by atoms with Crippen molar-refractivity contribution in [2.75, 3.05) is 5.32 Å². The Kier molecular flexibility index (Phi) is 4.58. The Hall–Kier alpha value is -3.22.